The fourth-order valence-electron chi connectivity index (χ4n) is 2.16. The summed E-state index contributed by atoms with van der Waals surface area (Å²) in [4.78, 5) is 35.4. The molecule has 0 aliphatic heterocycles. The lowest BCUT2D eigenvalue weighted by atomic mass is 10.1. The molecule has 0 heterocycles. The number of nitrogens with zero attached hydrogens (tertiary/aromatic N) is 1. The van der Waals surface area contributed by atoms with Crippen molar-refractivity contribution in [3.05, 3.63) is 58.6 Å². The first-order chi connectivity index (χ1) is 13.3. The molecule has 0 unspecified atom stereocenters. The van der Waals surface area contributed by atoms with Crippen molar-refractivity contribution in [3.63, 3.8) is 0 Å². The Morgan fingerprint density at radius 3 is 2.61 bits per heavy atom. The number of benzene rings is 2. The summed E-state index contributed by atoms with van der Waals surface area (Å²) in [5, 5.41) is 11.6. The Kier molecular flexibility index (Phi) is 7.13. The van der Waals surface area contributed by atoms with Crippen LogP contribution < -0.4 is 10.1 Å². The monoisotopic (exact) mass is 400 g/mol. The summed E-state index contributed by atoms with van der Waals surface area (Å²) in [6, 6.07) is 12.7. The van der Waals surface area contributed by atoms with Gasteiger partial charge in [0.1, 0.15) is 11.8 Å². The minimum Gasteiger partial charge on any atom is -0.482 e. The molecule has 0 aliphatic carbocycles. The molecule has 0 aromatic heterocycles. The van der Waals surface area contributed by atoms with Crippen molar-refractivity contribution in [3.8, 4) is 11.8 Å². The Bertz CT molecular complexity index is 952. The number of halogens is 1. The summed E-state index contributed by atoms with van der Waals surface area (Å²) in [6.07, 6.45) is -1.07. The van der Waals surface area contributed by atoms with Gasteiger partial charge in [-0.15, -0.1) is 0 Å². The van der Waals surface area contributed by atoms with Gasteiger partial charge in [-0.1, -0.05) is 23.7 Å². The summed E-state index contributed by atoms with van der Waals surface area (Å²) >= 11 is 5.91. The molecule has 2 rings (SSSR count). The molecule has 2 aromatic carbocycles. The van der Waals surface area contributed by atoms with Crippen LogP contribution in [0, 0.1) is 11.3 Å². The molecule has 0 bridgehead atoms. The third-order valence-corrected chi connectivity index (χ3v) is 3.94. The van der Waals surface area contributed by atoms with Crippen LogP contribution in [0.4, 0.5) is 5.69 Å². The van der Waals surface area contributed by atoms with E-state index in [0.717, 1.165) is 0 Å². The molecule has 1 amide bonds. The highest BCUT2D eigenvalue weighted by atomic mass is 35.5. The van der Waals surface area contributed by atoms with Gasteiger partial charge in [-0.05, 0) is 44.2 Å². The summed E-state index contributed by atoms with van der Waals surface area (Å²) in [6.45, 7) is 2.42. The minimum atomic E-state index is -1.07. The third kappa shape index (κ3) is 5.83. The van der Waals surface area contributed by atoms with Gasteiger partial charge in [-0.25, -0.2) is 4.79 Å². The second-order valence-electron chi connectivity index (χ2n) is 5.80. The van der Waals surface area contributed by atoms with Crippen molar-refractivity contribution < 1.29 is 23.9 Å². The van der Waals surface area contributed by atoms with Crippen LogP contribution in [0.25, 0.3) is 0 Å². The molecule has 0 saturated heterocycles. The first-order valence-corrected chi connectivity index (χ1v) is 8.61. The highest BCUT2D eigenvalue weighted by molar-refractivity contribution is 6.32. The number of ketones is 1. The summed E-state index contributed by atoms with van der Waals surface area (Å²) in [5.74, 6) is -1.09. The standard InChI is InChI=1S/C20H17ClN2O5/c1-12(24)14-4-3-5-17(8-14)27-11-19(25)28-13(2)20(26)23-16-7-6-15(10-22)18(21)9-16/h3-9,13H,11H2,1-2H3,(H,23,26)/t13-/m1/s1. The molecular formula is C20H17ClN2O5. The Morgan fingerprint density at radius 1 is 1.21 bits per heavy atom. The fourth-order valence-corrected chi connectivity index (χ4v) is 2.38. The number of carbonyl (C=O) groups is 3. The number of nitriles is 1. The lowest BCUT2D eigenvalue weighted by molar-refractivity contribution is -0.155. The molecular weight excluding hydrogens is 384 g/mol. The quantitative estimate of drug-likeness (QED) is 0.564. The van der Waals surface area contributed by atoms with Crippen molar-refractivity contribution in [2.45, 2.75) is 20.0 Å². The summed E-state index contributed by atoms with van der Waals surface area (Å²) in [7, 11) is 0. The van der Waals surface area contributed by atoms with Crippen LogP contribution in [0.15, 0.2) is 42.5 Å². The van der Waals surface area contributed by atoms with Gasteiger partial charge in [0.2, 0.25) is 0 Å². The second kappa shape index (κ2) is 9.53. The molecule has 144 valence electrons. The number of amides is 1. The molecule has 0 radical (unpaired) electrons. The highest BCUT2D eigenvalue weighted by Crippen LogP contribution is 2.20. The first-order valence-electron chi connectivity index (χ1n) is 8.24. The van der Waals surface area contributed by atoms with Crippen molar-refractivity contribution in [1.29, 1.82) is 5.26 Å². The molecule has 7 nitrogen and oxygen atoms in total. The molecule has 8 heteroatoms. The number of hydrogen-bond donors (Lipinski definition) is 1. The van der Waals surface area contributed by atoms with E-state index in [4.69, 9.17) is 26.3 Å². The molecule has 0 spiro atoms. The lowest BCUT2D eigenvalue weighted by Crippen LogP contribution is -2.31. The van der Waals surface area contributed by atoms with Crippen LogP contribution >= 0.6 is 11.6 Å². The average molecular weight is 401 g/mol. The van der Waals surface area contributed by atoms with E-state index in [0.29, 0.717) is 17.0 Å². The van der Waals surface area contributed by atoms with Crippen LogP contribution in [0.3, 0.4) is 0 Å². The Labute approximate surface area is 166 Å². The predicted octanol–water partition coefficient (Wildman–Crippen LogP) is 3.36. The summed E-state index contributed by atoms with van der Waals surface area (Å²) in [5.41, 5.74) is 1.11. The van der Waals surface area contributed by atoms with E-state index in [1.54, 1.807) is 18.2 Å². The number of rotatable bonds is 7. The predicted molar refractivity (Wildman–Crippen MR) is 102 cm³/mol. The number of esters is 1. The maximum absolute atomic E-state index is 12.1. The zero-order valence-electron chi connectivity index (χ0n) is 15.2. The summed E-state index contributed by atoms with van der Waals surface area (Å²) < 4.78 is 10.3. The van der Waals surface area contributed by atoms with E-state index in [1.807, 2.05) is 6.07 Å². The van der Waals surface area contributed by atoms with Gasteiger partial charge >= 0.3 is 5.97 Å². The Hall–Kier alpha value is -3.37. The number of anilines is 1. The average Bonchev–Trinajstić information content (AvgIpc) is 2.66. The van der Waals surface area contributed by atoms with E-state index in [2.05, 4.69) is 5.32 Å². The molecule has 1 N–H and O–H groups in total. The molecule has 0 fully saturated rings. The van der Waals surface area contributed by atoms with E-state index < -0.39 is 24.6 Å². The van der Waals surface area contributed by atoms with Gasteiger partial charge < -0.3 is 14.8 Å². The molecule has 2 aromatic rings. The highest BCUT2D eigenvalue weighted by Gasteiger charge is 2.19. The normalized spacial score (nSPS) is 11.1. The number of carbonyl (C=O) groups excluding carboxylic acids is 3. The van der Waals surface area contributed by atoms with Gasteiger partial charge in [0, 0.05) is 11.3 Å². The van der Waals surface area contributed by atoms with Crippen molar-refractivity contribution >= 4 is 34.9 Å². The number of ether oxygens (including phenoxy) is 2. The second-order valence-corrected chi connectivity index (χ2v) is 6.21. The van der Waals surface area contributed by atoms with E-state index in [-0.39, 0.29) is 16.4 Å². The number of hydrogen-bond acceptors (Lipinski definition) is 6. The SMILES string of the molecule is CC(=O)c1cccc(OCC(=O)O[C@H](C)C(=O)Nc2ccc(C#N)c(Cl)c2)c1. The molecule has 1 atom stereocenters. The van der Waals surface area contributed by atoms with Crippen LogP contribution in [-0.4, -0.2) is 30.4 Å². The molecule has 0 aliphatic rings. The number of Topliss-reactive ketones (excluding diaryl/α,β-unsaturated/α-hetero) is 1. The zero-order valence-corrected chi connectivity index (χ0v) is 15.9. The fraction of sp³-hybridized carbons (Fsp3) is 0.200. The van der Waals surface area contributed by atoms with E-state index in [9.17, 15) is 14.4 Å². The van der Waals surface area contributed by atoms with Gasteiger partial charge in [0.05, 0.1) is 10.6 Å². The largest absolute Gasteiger partial charge is 0.482 e. The maximum Gasteiger partial charge on any atom is 0.344 e. The van der Waals surface area contributed by atoms with Crippen LogP contribution in [-0.2, 0) is 14.3 Å². The van der Waals surface area contributed by atoms with Gasteiger partial charge in [0.25, 0.3) is 5.91 Å². The Balaban J connectivity index is 1.87. The van der Waals surface area contributed by atoms with Gasteiger partial charge in [-0.2, -0.15) is 5.26 Å². The van der Waals surface area contributed by atoms with Crippen molar-refractivity contribution in [1.82, 2.24) is 0 Å². The van der Waals surface area contributed by atoms with Crippen molar-refractivity contribution in [2.75, 3.05) is 11.9 Å². The van der Waals surface area contributed by atoms with Crippen molar-refractivity contribution in [2.24, 2.45) is 0 Å². The number of nitrogens with one attached hydrogen (secondary N) is 1. The van der Waals surface area contributed by atoms with E-state index in [1.165, 1.54) is 38.1 Å². The maximum atomic E-state index is 12.1. The minimum absolute atomic E-state index is 0.124. The topological polar surface area (TPSA) is 105 Å². The lowest BCUT2D eigenvalue weighted by Gasteiger charge is -2.14. The molecule has 0 saturated carbocycles. The van der Waals surface area contributed by atoms with Crippen LogP contribution in [0.2, 0.25) is 5.02 Å². The van der Waals surface area contributed by atoms with Crippen LogP contribution in [0.1, 0.15) is 29.8 Å². The van der Waals surface area contributed by atoms with Gasteiger partial charge in [0.15, 0.2) is 18.5 Å². The van der Waals surface area contributed by atoms with E-state index >= 15 is 0 Å². The third-order valence-electron chi connectivity index (χ3n) is 3.63. The van der Waals surface area contributed by atoms with Gasteiger partial charge in [-0.3, -0.25) is 9.59 Å². The smallest absolute Gasteiger partial charge is 0.344 e. The Morgan fingerprint density at radius 2 is 1.96 bits per heavy atom. The first kappa shape index (κ1) is 20.9. The van der Waals surface area contributed by atoms with Crippen LogP contribution in [0.5, 0.6) is 5.75 Å². The molecule has 28 heavy (non-hydrogen) atoms. The zero-order chi connectivity index (χ0) is 20.7.